The molecule has 0 aliphatic rings. The van der Waals surface area contributed by atoms with Crippen molar-refractivity contribution in [3.63, 3.8) is 0 Å². The van der Waals surface area contributed by atoms with Crippen LogP contribution in [-0.4, -0.2) is 78.0 Å². The number of carboxylic acids is 2. The van der Waals surface area contributed by atoms with Gasteiger partial charge in [-0.15, -0.1) is 0 Å². The molecule has 0 aliphatic carbocycles. The van der Waals surface area contributed by atoms with Gasteiger partial charge in [0.1, 0.15) is 23.9 Å². The normalized spacial score (nSPS) is 10.9. The molecule has 258 valence electrons. The van der Waals surface area contributed by atoms with Crippen LogP contribution in [0.5, 0.6) is 23.0 Å². The molecule has 0 saturated carbocycles. The molecule has 0 saturated heterocycles. The fourth-order valence-electron chi connectivity index (χ4n) is 4.48. The van der Waals surface area contributed by atoms with Crippen molar-refractivity contribution in [2.75, 3.05) is 39.6 Å². The zero-order valence-corrected chi connectivity index (χ0v) is 26.4. The van der Waals surface area contributed by atoms with Crippen LogP contribution >= 0.6 is 0 Å². The van der Waals surface area contributed by atoms with Crippen LogP contribution in [0.1, 0.15) is 47.8 Å². The minimum absolute atomic E-state index is 0.0192. The number of carboxylic acid groups (broad SMARTS) is 2. The molecular weight excluding hydrogens is 640 g/mol. The molecule has 4 rings (SSSR count). The zero-order chi connectivity index (χ0) is 35.0. The third kappa shape index (κ3) is 11.9. The second-order valence-corrected chi connectivity index (χ2v) is 10.5. The van der Waals surface area contributed by atoms with Crippen molar-refractivity contribution in [2.24, 2.45) is 0 Å². The summed E-state index contributed by atoms with van der Waals surface area (Å²) in [4.78, 5) is 45.5. The van der Waals surface area contributed by atoms with Crippen LogP contribution in [0.4, 0.5) is 0 Å². The van der Waals surface area contributed by atoms with Crippen LogP contribution in [0, 0.1) is 0 Å². The van der Waals surface area contributed by atoms with Gasteiger partial charge in [-0.25, -0.2) is 14.4 Å². The maximum absolute atomic E-state index is 12.4. The Kier molecular flexibility index (Phi) is 13.9. The summed E-state index contributed by atoms with van der Waals surface area (Å²) in [7, 11) is 0. The van der Waals surface area contributed by atoms with Gasteiger partial charge in [-0.1, -0.05) is 24.3 Å². The average Bonchev–Trinajstić information content (AvgIpc) is 3.08. The van der Waals surface area contributed by atoms with E-state index in [-0.39, 0.29) is 46.1 Å². The molecule has 13 heteroatoms. The molecule has 4 aromatic carbocycles. The Morgan fingerprint density at radius 1 is 0.531 bits per heavy atom. The molecule has 0 bridgehead atoms. The lowest BCUT2D eigenvalue weighted by atomic mass is 10.1. The van der Waals surface area contributed by atoms with Crippen molar-refractivity contribution < 1.29 is 63.5 Å². The molecule has 0 heterocycles. The number of benzene rings is 4. The number of phenolic OH excluding ortho intramolecular Hbond substituents is 2. The first-order valence-corrected chi connectivity index (χ1v) is 15.2. The van der Waals surface area contributed by atoms with E-state index in [0.29, 0.717) is 58.2 Å². The molecule has 0 aliphatic heterocycles. The van der Waals surface area contributed by atoms with Gasteiger partial charge in [0.15, 0.2) is 5.75 Å². The first-order valence-electron chi connectivity index (χ1n) is 15.2. The van der Waals surface area contributed by atoms with Crippen LogP contribution in [0.2, 0.25) is 0 Å². The fourth-order valence-corrected chi connectivity index (χ4v) is 4.48. The minimum atomic E-state index is -1.30. The molecule has 13 nitrogen and oxygen atoms in total. The Bertz CT molecular complexity index is 1680. The van der Waals surface area contributed by atoms with E-state index in [0.717, 1.165) is 23.3 Å². The highest BCUT2D eigenvalue weighted by molar-refractivity contribution is 6.03. The number of rotatable bonds is 20. The Morgan fingerprint density at radius 3 is 1.57 bits per heavy atom. The van der Waals surface area contributed by atoms with Gasteiger partial charge < -0.3 is 44.3 Å². The van der Waals surface area contributed by atoms with Crippen LogP contribution in [0.3, 0.4) is 0 Å². The van der Waals surface area contributed by atoms with Crippen LogP contribution < -0.4 is 9.62 Å². The van der Waals surface area contributed by atoms with E-state index in [4.69, 9.17) is 28.7 Å². The summed E-state index contributed by atoms with van der Waals surface area (Å²) in [5.41, 5.74) is 1.78. The van der Waals surface area contributed by atoms with Gasteiger partial charge in [-0.05, 0) is 84.6 Å². The van der Waals surface area contributed by atoms with Crippen molar-refractivity contribution in [2.45, 2.75) is 19.4 Å². The molecule has 0 amide bonds. The fraction of sp³-hybridized carbons (Fsp3) is 0.250. The number of aromatic hydroxyl groups is 2. The zero-order valence-electron chi connectivity index (χ0n) is 26.4. The van der Waals surface area contributed by atoms with E-state index in [1.54, 1.807) is 36.4 Å². The highest BCUT2D eigenvalue weighted by atomic mass is 17.2. The van der Waals surface area contributed by atoms with Crippen LogP contribution in [0.25, 0.3) is 0 Å². The van der Waals surface area contributed by atoms with Crippen molar-refractivity contribution in [3.05, 3.63) is 118 Å². The highest BCUT2D eigenvalue weighted by Crippen LogP contribution is 2.21. The van der Waals surface area contributed by atoms with Crippen molar-refractivity contribution in [1.82, 2.24) is 0 Å². The summed E-state index contributed by atoms with van der Waals surface area (Å²) in [6, 6.07) is 21.2. The van der Waals surface area contributed by atoms with E-state index in [2.05, 4.69) is 0 Å². The van der Waals surface area contributed by atoms with Crippen LogP contribution in [0.15, 0.2) is 84.9 Å². The molecule has 4 N–H and O–H groups in total. The standard InChI is InChI=1S/C36H36O13/c37-27-5-11-31(34(39)40)26(21-27)23-47-49-30-9-3-25(4-10-30)14-16-45-18-20-46-19-17-44-15-13-24-1-7-29(8-2-24)48-36(43)33-22-28(38)6-12-32(33)35(41)42/h1-12,21-22,37-38H,13-20,23H2,(H,39,40)(H,41,42). The van der Waals surface area contributed by atoms with Gasteiger partial charge in [0.05, 0.1) is 56.3 Å². The number of hydrogen-bond acceptors (Lipinski definition) is 11. The Morgan fingerprint density at radius 2 is 1.02 bits per heavy atom. The number of aromatic carboxylic acids is 2. The summed E-state index contributed by atoms with van der Waals surface area (Å²) in [6.45, 7) is 2.50. The molecular formula is C36H36O13. The summed E-state index contributed by atoms with van der Waals surface area (Å²) in [5, 5.41) is 37.7. The second-order valence-electron chi connectivity index (χ2n) is 10.5. The lowest BCUT2D eigenvalue weighted by Crippen LogP contribution is -2.14. The predicted molar refractivity (Wildman–Crippen MR) is 173 cm³/mol. The number of hydrogen-bond donors (Lipinski definition) is 4. The number of carbonyl (C=O) groups is 3. The van der Waals surface area contributed by atoms with Gasteiger partial charge in [-0.2, -0.15) is 4.89 Å². The van der Waals surface area contributed by atoms with Crippen molar-refractivity contribution in [1.29, 1.82) is 0 Å². The van der Waals surface area contributed by atoms with E-state index < -0.39 is 17.9 Å². The smallest absolute Gasteiger partial charge is 0.344 e. The quantitative estimate of drug-likeness (QED) is 0.0320. The van der Waals surface area contributed by atoms with Crippen molar-refractivity contribution >= 4 is 17.9 Å². The average molecular weight is 677 g/mol. The van der Waals surface area contributed by atoms with Gasteiger partial charge in [0, 0.05) is 5.56 Å². The molecule has 0 spiro atoms. The number of carbonyl (C=O) groups excluding carboxylic acids is 1. The highest BCUT2D eigenvalue weighted by Gasteiger charge is 2.19. The summed E-state index contributed by atoms with van der Waals surface area (Å²) in [6.07, 6.45) is 1.31. The first kappa shape index (κ1) is 36.4. The number of ether oxygens (including phenoxy) is 4. The van der Waals surface area contributed by atoms with Crippen LogP contribution in [-0.2, 0) is 38.5 Å². The van der Waals surface area contributed by atoms with E-state index in [1.807, 2.05) is 12.1 Å². The topological polar surface area (TPSA) is 188 Å². The van der Waals surface area contributed by atoms with Gasteiger partial charge in [-0.3, -0.25) is 0 Å². The third-order valence-electron chi connectivity index (χ3n) is 7.01. The predicted octanol–water partition coefficient (Wildman–Crippen LogP) is 5.06. The summed E-state index contributed by atoms with van der Waals surface area (Å²) in [5.74, 6) is -2.94. The van der Waals surface area contributed by atoms with Gasteiger partial charge in [0.2, 0.25) is 0 Å². The van der Waals surface area contributed by atoms with E-state index in [9.17, 15) is 34.8 Å². The lowest BCUT2D eigenvalue weighted by Gasteiger charge is -2.09. The number of esters is 1. The molecule has 0 unspecified atom stereocenters. The number of phenols is 2. The monoisotopic (exact) mass is 676 g/mol. The Balaban J connectivity index is 1.01. The molecule has 49 heavy (non-hydrogen) atoms. The second kappa shape index (κ2) is 18.8. The largest absolute Gasteiger partial charge is 0.508 e. The SMILES string of the molecule is O=C(O)c1ccc(O)cc1COOc1ccc(CCOCCOCCOCCc2ccc(OC(=O)c3cc(O)ccc3C(=O)O)cc2)cc1. The maximum atomic E-state index is 12.4. The van der Waals surface area contributed by atoms with Gasteiger partial charge >= 0.3 is 17.9 Å². The summed E-state index contributed by atoms with van der Waals surface area (Å²) < 4.78 is 22.1. The first-order chi connectivity index (χ1) is 23.7. The van der Waals surface area contributed by atoms with Gasteiger partial charge in [0.25, 0.3) is 0 Å². The molecule has 0 fully saturated rings. The van der Waals surface area contributed by atoms with Crippen molar-refractivity contribution in [3.8, 4) is 23.0 Å². The Labute approximate surface area is 281 Å². The third-order valence-corrected chi connectivity index (χ3v) is 7.01. The maximum Gasteiger partial charge on any atom is 0.344 e. The van der Waals surface area contributed by atoms with E-state index >= 15 is 0 Å². The lowest BCUT2D eigenvalue weighted by molar-refractivity contribution is -0.217. The summed E-state index contributed by atoms with van der Waals surface area (Å²) >= 11 is 0. The molecule has 0 atom stereocenters. The van der Waals surface area contributed by atoms with E-state index in [1.165, 1.54) is 24.3 Å². The molecule has 0 radical (unpaired) electrons. The Hall–Kier alpha value is -5.47. The molecule has 4 aromatic rings. The molecule has 0 aromatic heterocycles. The minimum Gasteiger partial charge on any atom is -0.508 e.